The number of nitrogens with zero attached hydrogens (tertiary/aromatic N) is 2. The fraction of sp³-hybridized carbons (Fsp3) is 0.235. The summed E-state index contributed by atoms with van der Waals surface area (Å²) in [5, 5.41) is 0. The average molecular weight is 329 g/mol. The Labute approximate surface area is 127 Å². The molecule has 0 unspecified atom stereocenters. The maximum atomic E-state index is 4.73. The fourth-order valence-corrected chi connectivity index (χ4v) is 2.65. The van der Waals surface area contributed by atoms with Crippen LogP contribution in [0, 0.1) is 0 Å². The van der Waals surface area contributed by atoms with Crippen molar-refractivity contribution in [2.24, 2.45) is 0 Å². The quantitative estimate of drug-likeness (QED) is 0.610. The zero-order valence-electron chi connectivity index (χ0n) is 11.9. The Kier molecular flexibility index (Phi) is 3.17. The number of hydrogen-bond acceptors (Lipinski definition) is 1. The van der Waals surface area contributed by atoms with Gasteiger partial charge in [0.05, 0.1) is 5.69 Å². The summed E-state index contributed by atoms with van der Waals surface area (Å²) >= 11 is 3.46. The third kappa shape index (κ3) is 2.38. The van der Waals surface area contributed by atoms with Crippen LogP contribution in [0.5, 0.6) is 0 Å². The van der Waals surface area contributed by atoms with Gasteiger partial charge in [0, 0.05) is 27.3 Å². The van der Waals surface area contributed by atoms with Gasteiger partial charge in [-0.3, -0.25) is 0 Å². The highest BCUT2D eigenvalue weighted by Crippen LogP contribution is 2.26. The second kappa shape index (κ2) is 4.74. The molecule has 0 aliphatic heterocycles. The molecule has 3 heteroatoms. The van der Waals surface area contributed by atoms with Crippen LogP contribution >= 0.6 is 15.9 Å². The van der Waals surface area contributed by atoms with Crippen LogP contribution in [0.4, 0.5) is 0 Å². The van der Waals surface area contributed by atoms with E-state index in [2.05, 4.69) is 77.6 Å². The molecule has 2 aromatic heterocycles. The van der Waals surface area contributed by atoms with Crippen molar-refractivity contribution in [1.29, 1.82) is 0 Å². The van der Waals surface area contributed by atoms with Gasteiger partial charge >= 0.3 is 0 Å². The lowest BCUT2D eigenvalue weighted by molar-refractivity contribution is 0.561. The van der Waals surface area contributed by atoms with Gasteiger partial charge in [-0.05, 0) is 24.3 Å². The van der Waals surface area contributed by atoms with Crippen LogP contribution in [0.2, 0.25) is 0 Å². The number of rotatable bonds is 1. The maximum absolute atomic E-state index is 4.73. The van der Waals surface area contributed by atoms with E-state index in [1.807, 2.05) is 12.1 Å². The van der Waals surface area contributed by atoms with Crippen molar-refractivity contribution in [2.45, 2.75) is 26.2 Å². The molecule has 102 valence electrons. The third-order valence-electron chi connectivity index (χ3n) is 3.40. The monoisotopic (exact) mass is 328 g/mol. The van der Waals surface area contributed by atoms with Crippen molar-refractivity contribution in [1.82, 2.24) is 9.38 Å². The van der Waals surface area contributed by atoms with Crippen molar-refractivity contribution in [3.63, 3.8) is 0 Å². The second-order valence-electron chi connectivity index (χ2n) is 6.02. The van der Waals surface area contributed by atoms with E-state index in [1.165, 1.54) is 5.69 Å². The Balaban J connectivity index is 2.18. The summed E-state index contributed by atoms with van der Waals surface area (Å²) in [4.78, 5) is 4.73. The average Bonchev–Trinajstić information content (AvgIpc) is 2.81. The largest absolute Gasteiger partial charge is 0.303 e. The SMILES string of the molecule is CC(C)(C)c1cccc2nc(-c3ccc(Br)cc3)cn12. The molecule has 1 aromatic carbocycles. The molecule has 0 bridgehead atoms. The van der Waals surface area contributed by atoms with Gasteiger partial charge in [0.2, 0.25) is 0 Å². The lowest BCUT2D eigenvalue weighted by atomic mass is 9.91. The molecule has 0 saturated carbocycles. The van der Waals surface area contributed by atoms with E-state index in [1.54, 1.807) is 0 Å². The number of fused-ring (bicyclic) bond motifs is 1. The maximum Gasteiger partial charge on any atom is 0.137 e. The topological polar surface area (TPSA) is 17.3 Å². The highest BCUT2D eigenvalue weighted by Gasteiger charge is 2.18. The minimum atomic E-state index is 0.0944. The molecule has 0 amide bonds. The van der Waals surface area contributed by atoms with Crippen LogP contribution in [0.25, 0.3) is 16.9 Å². The molecule has 0 aliphatic carbocycles. The highest BCUT2D eigenvalue weighted by molar-refractivity contribution is 9.10. The van der Waals surface area contributed by atoms with Crippen LogP contribution in [0.3, 0.4) is 0 Å². The third-order valence-corrected chi connectivity index (χ3v) is 3.93. The summed E-state index contributed by atoms with van der Waals surface area (Å²) in [6.45, 7) is 6.67. The van der Waals surface area contributed by atoms with Gasteiger partial charge in [0.15, 0.2) is 0 Å². The van der Waals surface area contributed by atoms with Crippen molar-refractivity contribution in [3.05, 3.63) is 58.8 Å². The number of benzene rings is 1. The van der Waals surface area contributed by atoms with Gasteiger partial charge in [0.25, 0.3) is 0 Å². The summed E-state index contributed by atoms with van der Waals surface area (Å²) < 4.78 is 3.28. The molecule has 3 rings (SSSR count). The first-order valence-corrected chi connectivity index (χ1v) is 7.49. The van der Waals surface area contributed by atoms with Crippen molar-refractivity contribution in [2.75, 3.05) is 0 Å². The van der Waals surface area contributed by atoms with Crippen LogP contribution < -0.4 is 0 Å². The lowest BCUT2D eigenvalue weighted by Gasteiger charge is -2.20. The van der Waals surface area contributed by atoms with Crippen LogP contribution in [0.1, 0.15) is 26.5 Å². The van der Waals surface area contributed by atoms with E-state index in [0.29, 0.717) is 0 Å². The van der Waals surface area contributed by atoms with Gasteiger partial charge in [0.1, 0.15) is 5.65 Å². The van der Waals surface area contributed by atoms with E-state index in [-0.39, 0.29) is 5.41 Å². The van der Waals surface area contributed by atoms with E-state index >= 15 is 0 Å². The Hall–Kier alpha value is -1.61. The molecule has 2 nitrogen and oxygen atoms in total. The number of imidazole rings is 1. The number of pyridine rings is 1. The minimum absolute atomic E-state index is 0.0944. The van der Waals surface area contributed by atoms with E-state index in [4.69, 9.17) is 4.98 Å². The molecule has 0 aliphatic rings. The molecule has 2 heterocycles. The summed E-state index contributed by atoms with van der Waals surface area (Å²) in [7, 11) is 0. The van der Waals surface area contributed by atoms with E-state index in [0.717, 1.165) is 21.4 Å². The summed E-state index contributed by atoms with van der Waals surface area (Å²) in [6.07, 6.45) is 2.12. The zero-order valence-corrected chi connectivity index (χ0v) is 13.5. The highest BCUT2D eigenvalue weighted by atomic mass is 79.9. The Morgan fingerprint density at radius 2 is 1.70 bits per heavy atom. The van der Waals surface area contributed by atoms with Crippen molar-refractivity contribution < 1.29 is 0 Å². The zero-order chi connectivity index (χ0) is 14.3. The van der Waals surface area contributed by atoms with E-state index in [9.17, 15) is 0 Å². The number of aromatic nitrogens is 2. The summed E-state index contributed by atoms with van der Waals surface area (Å²) in [5.74, 6) is 0. The Bertz CT molecular complexity index is 749. The fourth-order valence-electron chi connectivity index (χ4n) is 2.38. The molecule has 20 heavy (non-hydrogen) atoms. The Morgan fingerprint density at radius 3 is 2.35 bits per heavy atom. The predicted octanol–water partition coefficient (Wildman–Crippen LogP) is 5.06. The standard InChI is InChI=1S/C17H17BrN2/c1-17(2,3)15-5-4-6-16-19-14(11-20(15)16)12-7-9-13(18)10-8-12/h4-11H,1-3H3. The summed E-state index contributed by atoms with van der Waals surface area (Å²) in [6, 6.07) is 14.6. The Morgan fingerprint density at radius 1 is 1.00 bits per heavy atom. The normalized spacial score (nSPS) is 12.0. The number of halogens is 1. The van der Waals surface area contributed by atoms with Crippen LogP contribution in [0.15, 0.2) is 53.1 Å². The van der Waals surface area contributed by atoms with Gasteiger partial charge in [-0.2, -0.15) is 0 Å². The molecule has 0 N–H and O–H groups in total. The smallest absolute Gasteiger partial charge is 0.137 e. The first-order chi connectivity index (χ1) is 9.45. The minimum Gasteiger partial charge on any atom is -0.303 e. The molecule has 3 aromatic rings. The second-order valence-corrected chi connectivity index (χ2v) is 6.94. The van der Waals surface area contributed by atoms with Crippen LogP contribution in [-0.4, -0.2) is 9.38 Å². The predicted molar refractivity (Wildman–Crippen MR) is 87.0 cm³/mol. The molecular formula is C17H17BrN2. The van der Waals surface area contributed by atoms with Gasteiger partial charge in [-0.25, -0.2) is 4.98 Å². The molecule has 0 atom stereocenters. The number of hydrogen-bond donors (Lipinski definition) is 0. The molecule has 0 spiro atoms. The van der Waals surface area contributed by atoms with Gasteiger partial charge in [-0.1, -0.05) is 54.9 Å². The molecule has 0 saturated heterocycles. The molecule has 0 fully saturated rings. The van der Waals surface area contributed by atoms with Crippen LogP contribution in [-0.2, 0) is 5.41 Å². The van der Waals surface area contributed by atoms with Crippen molar-refractivity contribution >= 4 is 21.6 Å². The molecule has 0 radical (unpaired) electrons. The molecular weight excluding hydrogens is 312 g/mol. The van der Waals surface area contributed by atoms with Gasteiger partial charge < -0.3 is 4.40 Å². The van der Waals surface area contributed by atoms with E-state index < -0.39 is 0 Å². The lowest BCUT2D eigenvalue weighted by Crippen LogP contribution is -2.15. The van der Waals surface area contributed by atoms with Crippen molar-refractivity contribution in [3.8, 4) is 11.3 Å². The van der Waals surface area contributed by atoms with Gasteiger partial charge in [-0.15, -0.1) is 0 Å². The first kappa shape index (κ1) is 13.4. The first-order valence-electron chi connectivity index (χ1n) is 6.70. The summed E-state index contributed by atoms with van der Waals surface area (Å²) in [5.41, 5.74) is 4.50.